The molecule has 1 aliphatic rings. The average molecular weight is 150 g/mol. The van der Waals surface area contributed by atoms with E-state index >= 15 is 0 Å². The smallest absolute Gasteiger partial charge is 0.320 e. The van der Waals surface area contributed by atoms with Crippen molar-refractivity contribution in [3.63, 3.8) is 0 Å². The number of aliphatic carboxylic acids is 1. The molecule has 52 valence electrons. The highest BCUT2D eigenvalue weighted by Crippen LogP contribution is 2.14. The zero-order valence-corrected chi connectivity index (χ0v) is 5.56. The van der Waals surface area contributed by atoms with Gasteiger partial charge in [-0.25, -0.2) is 0 Å². The number of nitrogens with one attached hydrogen (secondary N) is 1. The van der Waals surface area contributed by atoms with Crippen LogP contribution < -0.4 is 5.32 Å². The lowest BCUT2D eigenvalue weighted by molar-refractivity contribution is -0.139. The summed E-state index contributed by atoms with van der Waals surface area (Å²) in [5, 5.41) is 11.1. The van der Waals surface area contributed by atoms with Crippen molar-refractivity contribution in [3.05, 3.63) is 0 Å². The van der Waals surface area contributed by atoms with Crippen LogP contribution in [-0.4, -0.2) is 22.6 Å². The summed E-state index contributed by atoms with van der Waals surface area (Å²) < 4.78 is 0. The number of carboxylic acid groups (broad SMARTS) is 1. The number of hydrogen-bond donors (Lipinski definition) is 2. The monoisotopic (exact) mass is 149 g/mol. The van der Waals surface area contributed by atoms with Crippen molar-refractivity contribution in [3.8, 4) is 0 Å². The molecule has 4 heteroatoms. The van der Waals surface area contributed by atoms with Crippen LogP contribution in [0.1, 0.15) is 12.8 Å². The van der Waals surface area contributed by atoms with Crippen molar-refractivity contribution in [2.75, 3.05) is 0 Å². The number of hydrogen-bond acceptors (Lipinski definition) is 2. The molecule has 1 heterocycles. The summed E-state index contributed by atoms with van der Waals surface area (Å²) in [6.45, 7) is 0. The van der Waals surface area contributed by atoms with Gasteiger partial charge in [0.2, 0.25) is 0 Å². The zero-order valence-electron chi connectivity index (χ0n) is 4.80. The number of carboxylic acids is 1. The Labute approximate surface area is 58.0 Å². The molecule has 1 rings (SSSR count). The fourth-order valence-electron chi connectivity index (χ4n) is 0.893. The zero-order chi connectivity index (χ0) is 6.85. The molecule has 0 aromatic carbocycles. The molecule has 0 saturated carbocycles. The van der Waals surface area contributed by atoms with Gasteiger partial charge in [0.25, 0.3) is 0 Å². The topological polar surface area (TPSA) is 49.3 Å². The summed E-state index contributed by atoms with van der Waals surface area (Å²) >= 11 is 5.58. The van der Waals surface area contributed by atoms with Gasteiger partial charge in [-0.05, 0) is 12.8 Å². The van der Waals surface area contributed by atoms with Crippen molar-refractivity contribution >= 4 is 17.6 Å². The Balaban J connectivity index is 2.39. The molecule has 0 bridgehead atoms. The Bertz CT molecular complexity index is 128. The SMILES string of the molecule is O=C(O)[C@@H]1CCC(Cl)N1. The van der Waals surface area contributed by atoms with E-state index in [0.717, 1.165) is 6.42 Å². The van der Waals surface area contributed by atoms with Gasteiger partial charge in [-0.3, -0.25) is 10.1 Å². The van der Waals surface area contributed by atoms with E-state index in [1.165, 1.54) is 0 Å². The van der Waals surface area contributed by atoms with E-state index in [2.05, 4.69) is 5.32 Å². The highest BCUT2D eigenvalue weighted by atomic mass is 35.5. The minimum atomic E-state index is -0.807. The first-order valence-corrected chi connectivity index (χ1v) is 3.26. The van der Waals surface area contributed by atoms with Crippen LogP contribution in [0, 0.1) is 0 Å². The number of carbonyl (C=O) groups is 1. The van der Waals surface area contributed by atoms with Crippen LogP contribution in [0.15, 0.2) is 0 Å². The van der Waals surface area contributed by atoms with Crippen molar-refractivity contribution in [1.29, 1.82) is 0 Å². The first kappa shape index (κ1) is 6.83. The molecule has 2 atom stereocenters. The largest absolute Gasteiger partial charge is 0.480 e. The van der Waals surface area contributed by atoms with Crippen LogP contribution in [0.25, 0.3) is 0 Å². The summed E-state index contributed by atoms with van der Waals surface area (Å²) in [6.07, 6.45) is 1.39. The van der Waals surface area contributed by atoms with E-state index in [1.54, 1.807) is 0 Å². The summed E-state index contributed by atoms with van der Waals surface area (Å²) in [5.74, 6) is -0.807. The van der Waals surface area contributed by atoms with Gasteiger partial charge < -0.3 is 5.11 Å². The molecule has 0 spiro atoms. The first-order chi connectivity index (χ1) is 4.20. The Morgan fingerprint density at radius 1 is 1.67 bits per heavy atom. The van der Waals surface area contributed by atoms with Gasteiger partial charge in [-0.2, -0.15) is 0 Å². The van der Waals surface area contributed by atoms with Gasteiger partial charge in [-0.15, -0.1) is 11.6 Å². The maximum absolute atomic E-state index is 10.2. The molecule has 2 N–H and O–H groups in total. The van der Waals surface area contributed by atoms with Crippen LogP contribution in [-0.2, 0) is 4.79 Å². The van der Waals surface area contributed by atoms with E-state index in [-0.39, 0.29) is 5.50 Å². The Kier molecular flexibility index (Phi) is 1.93. The second kappa shape index (κ2) is 2.54. The molecule has 1 unspecified atom stereocenters. The first-order valence-electron chi connectivity index (χ1n) is 2.83. The predicted octanol–water partition coefficient (Wildman–Crippen LogP) is 0.388. The molecule has 1 saturated heterocycles. The quantitative estimate of drug-likeness (QED) is 0.419. The van der Waals surface area contributed by atoms with Gasteiger partial charge >= 0.3 is 5.97 Å². The molecule has 3 nitrogen and oxygen atoms in total. The lowest BCUT2D eigenvalue weighted by Crippen LogP contribution is -2.32. The van der Waals surface area contributed by atoms with E-state index in [4.69, 9.17) is 16.7 Å². The van der Waals surface area contributed by atoms with Crippen molar-refractivity contribution < 1.29 is 9.90 Å². The van der Waals surface area contributed by atoms with Gasteiger partial charge in [0.1, 0.15) is 6.04 Å². The molecule has 0 aromatic heterocycles. The highest BCUT2D eigenvalue weighted by molar-refractivity contribution is 6.20. The minimum Gasteiger partial charge on any atom is -0.480 e. The van der Waals surface area contributed by atoms with Crippen LogP contribution in [0.3, 0.4) is 0 Å². The third kappa shape index (κ3) is 1.56. The predicted molar refractivity (Wildman–Crippen MR) is 33.4 cm³/mol. The third-order valence-corrected chi connectivity index (χ3v) is 1.73. The lowest BCUT2D eigenvalue weighted by Gasteiger charge is -2.02. The maximum Gasteiger partial charge on any atom is 0.320 e. The molecule has 0 aromatic rings. The van der Waals surface area contributed by atoms with Crippen LogP contribution in [0.2, 0.25) is 0 Å². The van der Waals surface area contributed by atoms with Crippen molar-refractivity contribution in [2.24, 2.45) is 0 Å². The fourth-order valence-corrected chi connectivity index (χ4v) is 1.17. The van der Waals surface area contributed by atoms with Gasteiger partial charge in [-0.1, -0.05) is 0 Å². The van der Waals surface area contributed by atoms with Gasteiger partial charge in [0.15, 0.2) is 0 Å². The molecular formula is C5H8ClNO2. The van der Waals surface area contributed by atoms with Crippen LogP contribution in [0.4, 0.5) is 0 Å². The highest BCUT2D eigenvalue weighted by Gasteiger charge is 2.26. The van der Waals surface area contributed by atoms with Crippen molar-refractivity contribution in [1.82, 2.24) is 5.32 Å². The Hall–Kier alpha value is -0.280. The molecule has 9 heavy (non-hydrogen) atoms. The molecule has 1 fully saturated rings. The van der Waals surface area contributed by atoms with Gasteiger partial charge in [0.05, 0.1) is 5.50 Å². The second-order valence-electron chi connectivity index (χ2n) is 2.10. The van der Waals surface area contributed by atoms with E-state index < -0.39 is 12.0 Å². The Morgan fingerprint density at radius 2 is 2.33 bits per heavy atom. The third-order valence-electron chi connectivity index (χ3n) is 1.39. The fraction of sp³-hybridized carbons (Fsp3) is 0.800. The van der Waals surface area contributed by atoms with E-state index in [1.807, 2.05) is 0 Å². The molecular weight excluding hydrogens is 142 g/mol. The van der Waals surface area contributed by atoms with Crippen LogP contribution >= 0.6 is 11.6 Å². The molecule has 0 aliphatic carbocycles. The average Bonchev–Trinajstić information content (AvgIpc) is 2.14. The normalized spacial score (nSPS) is 34.8. The Morgan fingerprint density at radius 3 is 2.56 bits per heavy atom. The summed E-state index contributed by atoms with van der Waals surface area (Å²) in [5.41, 5.74) is -0.147. The van der Waals surface area contributed by atoms with Gasteiger partial charge in [0, 0.05) is 0 Å². The summed E-state index contributed by atoms with van der Waals surface area (Å²) in [6, 6.07) is -0.424. The second-order valence-corrected chi connectivity index (χ2v) is 2.63. The molecule has 1 aliphatic heterocycles. The summed E-state index contributed by atoms with van der Waals surface area (Å²) in [7, 11) is 0. The molecule has 0 amide bonds. The van der Waals surface area contributed by atoms with Crippen molar-refractivity contribution in [2.45, 2.75) is 24.4 Å². The van der Waals surface area contributed by atoms with E-state index in [0.29, 0.717) is 6.42 Å². The number of rotatable bonds is 1. The minimum absolute atomic E-state index is 0.147. The maximum atomic E-state index is 10.2. The number of halogens is 1. The molecule has 0 radical (unpaired) electrons. The number of alkyl halides is 1. The summed E-state index contributed by atoms with van der Waals surface area (Å²) in [4.78, 5) is 10.2. The van der Waals surface area contributed by atoms with E-state index in [9.17, 15) is 4.79 Å². The lowest BCUT2D eigenvalue weighted by atomic mass is 10.2. The standard InChI is InChI=1S/C5H8ClNO2/c6-4-2-1-3(7-4)5(8)9/h3-4,7H,1-2H2,(H,8,9)/t3-,4?/m0/s1. The van der Waals surface area contributed by atoms with Crippen LogP contribution in [0.5, 0.6) is 0 Å².